The number of aromatic nitrogens is 2. The van der Waals surface area contributed by atoms with Gasteiger partial charge in [0, 0.05) is 10.0 Å². The van der Waals surface area contributed by atoms with E-state index in [1.54, 1.807) is 13.0 Å². The average molecular weight is 307 g/mol. The van der Waals surface area contributed by atoms with E-state index in [4.69, 9.17) is 5.11 Å². The maximum absolute atomic E-state index is 10.9. The Morgan fingerprint density at radius 2 is 1.89 bits per heavy atom. The first kappa shape index (κ1) is 12.7. The molecule has 5 heteroatoms. The second-order valence-electron chi connectivity index (χ2n) is 4.03. The Hall–Kier alpha value is -1.75. The van der Waals surface area contributed by atoms with Crippen molar-refractivity contribution >= 4 is 21.9 Å². The summed E-state index contributed by atoms with van der Waals surface area (Å²) >= 11 is 3.41. The highest BCUT2D eigenvalue weighted by atomic mass is 79.9. The Labute approximate surface area is 113 Å². The van der Waals surface area contributed by atoms with Gasteiger partial charge in [-0.25, -0.2) is 4.79 Å². The summed E-state index contributed by atoms with van der Waals surface area (Å²) in [5.74, 6) is -1.06. The van der Waals surface area contributed by atoms with Crippen LogP contribution in [0.3, 0.4) is 0 Å². The molecule has 0 bridgehead atoms. The Bertz CT molecular complexity index is 626. The van der Waals surface area contributed by atoms with E-state index in [0.717, 1.165) is 15.6 Å². The van der Waals surface area contributed by atoms with E-state index < -0.39 is 5.97 Å². The van der Waals surface area contributed by atoms with E-state index >= 15 is 0 Å². The lowest BCUT2D eigenvalue weighted by Crippen LogP contribution is -2.06. The average Bonchev–Trinajstić information content (AvgIpc) is 2.31. The lowest BCUT2D eigenvalue weighted by atomic mass is 10.0. The molecular formula is C13H11BrN2O2. The molecule has 92 valence electrons. The van der Waals surface area contributed by atoms with Crippen molar-refractivity contribution in [1.82, 2.24) is 10.2 Å². The highest BCUT2D eigenvalue weighted by Crippen LogP contribution is 2.25. The van der Waals surface area contributed by atoms with Crippen LogP contribution in [0.15, 0.2) is 28.7 Å². The van der Waals surface area contributed by atoms with Crippen molar-refractivity contribution < 1.29 is 9.90 Å². The second-order valence-corrected chi connectivity index (χ2v) is 4.94. The number of nitrogens with zero attached hydrogens (tertiary/aromatic N) is 2. The van der Waals surface area contributed by atoms with E-state index in [2.05, 4.69) is 26.1 Å². The fourth-order valence-electron chi connectivity index (χ4n) is 1.70. The molecule has 0 saturated carbocycles. The minimum absolute atomic E-state index is 0.00796. The quantitative estimate of drug-likeness (QED) is 0.925. The van der Waals surface area contributed by atoms with Gasteiger partial charge >= 0.3 is 5.97 Å². The maximum Gasteiger partial charge on any atom is 0.356 e. The molecule has 0 atom stereocenters. The Kier molecular flexibility index (Phi) is 3.43. The molecule has 1 aromatic heterocycles. The van der Waals surface area contributed by atoms with Crippen molar-refractivity contribution in [2.45, 2.75) is 13.8 Å². The summed E-state index contributed by atoms with van der Waals surface area (Å²) in [5, 5.41) is 16.7. The second kappa shape index (κ2) is 4.86. The third-order valence-corrected chi connectivity index (χ3v) is 3.16. The lowest BCUT2D eigenvalue weighted by Gasteiger charge is -2.07. The number of hydrogen-bond acceptors (Lipinski definition) is 3. The molecule has 2 rings (SSSR count). The Balaban J connectivity index is 2.55. The number of rotatable bonds is 2. The van der Waals surface area contributed by atoms with Gasteiger partial charge in [-0.1, -0.05) is 22.0 Å². The molecule has 0 spiro atoms. The summed E-state index contributed by atoms with van der Waals surface area (Å²) in [6, 6.07) is 7.61. The predicted octanol–water partition coefficient (Wildman–Crippen LogP) is 3.22. The van der Waals surface area contributed by atoms with E-state index in [1.807, 2.05) is 25.1 Å². The standard InChI is InChI=1S/C13H11BrN2O2/c1-7-3-4-9(14)6-10(7)11-5-8(2)12(13(17)18)16-15-11/h3-6H,1-2H3,(H,17,18). The minimum atomic E-state index is -1.06. The van der Waals surface area contributed by atoms with Crippen LogP contribution < -0.4 is 0 Å². The van der Waals surface area contributed by atoms with Crippen LogP contribution in [0, 0.1) is 13.8 Å². The maximum atomic E-state index is 10.9. The molecule has 1 heterocycles. The van der Waals surface area contributed by atoms with E-state index in [9.17, 15) is 4.79 Å². The zero-order valence-corrected chi connectivity index (χ0v) is 11.5. The van der Waals surface area contributed by atoms with Gasteiger partial charge in [-0.3, -0.25) is 0 Å². The third kappa shape index (κ3) is 2.41. The van der Waals surface area contributed by atoms with Gasteiger partial charge in [0.25, 0.3) is 0 Å². The van der Waals surface area contributed by atoms with Gasteiger partial charge in [0.1, 0.15) is 0 Å². The van der Waals surface area contributed by atoms with Crippen LogP contribution in [0.2, 0.25) is 0 Å². The van der Waals surface area contributed by atoms with Crippen LogP contribution in [-0.4, -0.2) is 21.3 Å². The number of carboxylic acids is 1. The molecule has 1 aromatic carbocycles. The van der Waals surface area contributed by atoms with Gasteiger partial charge in [0.2, 0.25) is 0 Å². The topological polar surface area (TPSA) is 63.1 Å². The monoisotopic (exact) mass is 306 g/mol. The zero-order chi connectivity index (χ0) is 13.3. The first-order valence-electron chi connectivity index (χ1n) is 5.33. The minimum Gasteiger partial charge on any atom is -0.476 e. The van der Waals surface area contributed by atoms with Crippen molar-refractivity contribution in [3.8, 4) is 11.3 Å². The van der Waals surface area contributed by atoms with Crippen LogP contribution in [0.25, 0.3) is 11.3 Å². The summed E-state index contributed by atoms with van der Waals surface area (Å²) in [6.45, 7) is 3.69. The van der Waals surface area contributed by atoms with Crippen molar-refractivity contribution in [2.75, 3.05) is 0 Å². The summed E-state index contributed by atoms with van der Waals surface area (Å²) in [6.07, 6.45) is 0. The van der Waals surface area contributed by atoms with Gasteiger partial charge in [-0.2, -0.15) is 0 Å². The Morgan fingerprint density at radius 1 is 1.17 bits per heavy atom. The van der Waals surface area contributed by atoms with Crippen LogP contribution in [0.1, 0.15) is 21.6 Å². The molecule has 0 amide bonds. The largest absolute Gasteiger partial charge is 0.476 e. The zero-order valence-electron chi connectivity index (χ0n) is 9.94. The fraction of sp³-hybridized carbons (Fsp3) is 0.154. The number of carbonyl (C=O) groups is 1. The predicted molar refractivity (Wildman–Crippen MR) is 71.6 cm³/mol. The molecule has 1 N–H and O–H groups in total. The molecule has 0 aliphatic carbocycles. The summed E-state index contributed by atoms with van der Waals surface area (Å²) < 4.78 is 0.949. The van der Waals surface area contributed by atoms with Crippen molar-refractivity contribution in [3.63, 3.8) is 0 Å². The molecule has 4 nitrogen and oxygen atoms in total. The van der Waals surface area contributed by atoms with Crippen molar-refractivity contribution in [3.05, 3.63) is 45.6 Å². The number of benzene rings is 1. The smallest absolute Gasteiger partial charge is 0.356 e. The summed E-state index contributed by atoms with van der Waals surface area (Å²) in [7, 11) is 0. The van der Waals surface area contributed by atoms with Gasteiger partial charge in [-0.15, -0.1) is 10.2 Å². The van der Waals surface area contributed by atoms with Gasteiger partial charge in [-0.05, 0) is 43.2 Å². The first-order chi connectivity index (χ1) is 8.49. The highest BCUT2D eigenvalue weighted by Gasteiger charge is 2.12. The molecule has 18 heavy (non-hydrogen) atoms. The highest BCUT2D eigenvalue weighted by molar-refractivity contribution is 9.10. The summed E-state index contributed by atoms with van der Waals surface area (Å²) in [4.78, 5) is 10.9. The number of aromatic carboxylic acids is 1. The van der Waals surface area contributed by atoms with E-state index in [1.165, 1.54) is 0 Å². The van der Waals surface area contributed by atoms with Crippen LogP contribution in [-0.2, 0) is 0 Å². The number of aryl methyl sites for hydroxylation is 2. The third-order valence-electron chi connectivity index (χ3n) is 2.66. The number of hydrogen-bond donors (Lipinski definition) is 1. The molecule has 0 fully saturated rings. The molecule has 0 radical (unpaired) electrons. The fourth-order valence-corrected chi connectivity index (χ4v) is 2.06. The number of halogens is 1. The summed E-state index contributed by atoms with van der Waals surface area (Å²) in [5.41, 5.74) is 3.28. The Morgan fingerprint density at radius 3 is 2.50 bits per heavy atom. The molecule has 0 aliphatic heterocycles. The van der Waals surface area contributed by atoms with Crippen LogP contribution in [0.4, 0.5) is 0 Å². The lowest BCUT2D eigenvalue weighted by molar-refractivity contribution is 0.0688. The van der Waals surface area contributed by atoms with Crippen molar-refractivity contribution in [2.24, 2.45) is 0 Å². The van der Waals surface area contributed by atoms with E-state index in [-0.39, 0.29) is 5.69 Å². The molecular weight excluding hydrogens is 296 g/mol. The van der Waals surface area contributed by atoms with Gasteiger partial charge in [0.05, 0.1) is 5.69 Å². The SMILES string of the molecule is Cc1ccc(Br)cc1-c1cc(C)c(C(=O)O)nn1. The normalized spacial score (nSPS) is 10.4. The molecule has 0 unspecified atom stereocenters. The molecule has 0 aliphatic rings. The van der Waals surface area contributed by atoms with E-state index in [0.29, 0.717) is 11.3 Å². The molecule has 2 aromatic rings. The first-order valence-corrected chi connectivity index (χ1v) is 6.12. The van der Waals surface area contributed by atoms with Gasteiger partial charge in [0.15, 0.2) is 5.69 Å². The van der Waals surface area contributed by atoms with Crippen LogP contribution >= 0.6 is 15.9 Å². The van der Waals surface area contributed by atoms with Crippen LogP contribution in [0.5, 0.6) is 0 Å². The number of carboxylic acid groups (broad SMARTS) is 1. The van der Waals surface area contributed by atoms with Gasteiger partial charge < -0.3 is 5.11 Å². The van der Waals surface area contributed by atoms with Crippen molar-refractivity contribution in [1.29, 1.82) is 0 Å². The molecule has 0 saturated heterocycles.